The van der Waals surface area contributed by atoms with Gasteiger partial charge in [-0.05, 0) is 49.2 Å². The Balaban J connectivity index is 1.75. The molecule has 1 saturated heterocycles. The predicted octanol–water partition coefficient (Wildman–Crippen LogP) is 4.47. The van der Waals surface area contributed by atoms with E-state index in [1.165, 1.54) is 4.90 Å². The highest BCUT2D eigenvalue weighted by Crippen LogP contribution is 2.39. The first-order valence-electron chi connectivity index (χ1n) is 10.8. The van der Waals surface area contributed by atoms with E-state index in [9.17, 15) is 14.7 Å². The molecule has 6 nitrogen and oxygen atoms in total. The fourth-order valence-corrected chi connectivity index (χ4v) is 4.00. The van der Waals surface area contributed by atoms with E-state index in [2.05, 4.69) is 4.98 Å². The number of fused-ring (bicyclic) bond motifs is 1. The third kappa shape index (κ3) is 4.27. The molecule has 0 radical (unpaired) electrons. The van der Waals surface area contributed by atoms with Crippen LogP contribution in [0.15, 0.2) is 72.4 Å². The molecule has 1 unspecified atom stereocenters. The Morgan fingerprint density at radius 2 is 1.81 bits per heavy atom. The number of carbonyl (C=O) groups is 2. The maximum Gasteiger partial charge on any atom is 0.295 e. The number of hydrogen-bond donors (Lipinski definition) is 1. The van der Waals surface area contributed by atoms with Crippen LogP contribution in [0.4, 0.5) is 0 Å². The molecular formula is C26H26N2O4. The Labute approximate surface area is 187 Å². The molecule has 1 N–H and O–H groups in total. The lowest BCUT2D eigenvalue weighted by atomic mass is 9.97. The number of hydrogen-bond acceptors (Lipinski definition) is 5. The van der Waals surface area contributed by atoms with Crippen molar-refractivity contribution in [3.63, 3.8) is 0 Å². The van der Waals surface area contributed by atoms with Gasteiger partial charge in [0.05, 0.1) is 17.4 Å². The first-order chi connectivity index (χ1) is 15.5. The molecule has 0 bridgehead atoms. The minimum atomic E-state index is -0.748. The average Bonchev–Trinajstić information content (AvgIpc) is 3.06. The minimum absolute atomic E-state index is 0.0637. The number of ketones is 1. The molecule has 0 spiro atoms. The van der Waals surface area contributed by atoms with Crippen LogP contribution in [0, 0.1) is 0 Å². The molecule has 1 fully saturated rings. The molecule has 0 saturated carbocycles. The number of aliphatic hydroxyl groups is 1. The van der Waals surface area contributed by atoms with Crippen molar-refractivity contribution >= 4 is 28.2 Å². The molecule has 1 aliphatic rings. The van der Waals surface area contributed by atoms with Crippen molar-refractivity contribution in [1.82, 2.24) is 9.88 Å². The number of carbonyl (C=O) groups excluding carboxylic acids is 2. The number of amides is 1. The highest BCUT2D eigenvalue weighted by molar-refractivity contribution is 6.46. The van der Waals surface area contributed by atoms with Crippen molar-refractivity contribution in [2.45, 2.75) is 32.4 Å². The van der Waals surface area contributed by atoms with Gasteiger partial charge in [0, 0.05) is 24.9 Å². The summed E-state index contributed by atoms with van der Waals surface area (Å²) in [5, 5.41) is 13.1. The normalized spacial score (nSPS) is 18.1. The number of likely N-dealkylation sites (tertiary alicyclic amines) is 1. The molecule has 3 aromatic rings. The topological polar surface area (TPSA) is 79.7 Å². The summed E-state index contributed by atoms with van der Waals surface area (Å²) in [6.45, 7) is 4.70. The molecule has 0 aliphatic carbocycles. The van der Waals surface area contributed by atoms with Crippen LogP contribution >= 0.6 is 0 Å². The summed E-state index contributed by atoms with van der Waals surface area (Å²) in [6, 6.07) is 17.8. The Hall–Kier alpha value is -3.51. The Morgan fingerprint density at radius 3 is 2.53 bits per heavy atom. The number of Topliss-reactive ketones (excluding diaryl/α,β-unsaturated/α-hetero) is 1. The predicted molar refractivity (Wildman–Crippen MR) is 123 cm³/mol. The van der Waals surface area contributed by atoms with Gasteiger partial charge in [-0.2, -0.15) is 0 Å². The molecule has 1 atom stereocenters. The molecule has 1 amide bonds. The summed E-state index contributed by atoms with van der Waals surface area (Å²) in [5.74, 6) is -1.52. The SMILES string of the molecule is CC(C)OCCCN1C(=O)C(=O)/C(=C(\O)c2ccc3ccccc3c2)C1c1ccccn1. The van der Waals surface area contributed by atoms with Gasteiger partial charge >= 0.3 is 0 Å². The van der Waals surface area contributed by atoms with Gasteiger partial charge in [0.1, 0.15) is 11.8 Å². The average molecular weight is 431 g/mol. The molecule has 2 aromatic carbocycles. The van der Waals surface area contributed by atoms with E-state index in [4.69, 9.17) is 4.74 Å². The van der Waals surface area contributed by atoms with E-state index in [0.29, 0.717) is 30.8 Å². The molecule has 2 heterocycles. The van der Waals surface area contributed by atoms with Gasteiger partial charge in [-0.3, -0.25) is 14.6 Å². The van der Waals surface area contributed by atoms with E-state index in [-0.39, 0.29) is 17.4 Å². The van der Waals surface area contributed by atoms with Crippen molar-refractivity contribution in [2.75, 3.05) is 13.2 Å². The van der Waals surface area contributed by atoms with Crippen LogP contribution in [0.1, 0.15) is 37.6 Å². The summed E-state index contributed by atoms with van der Waals surface area (Å²) in [5.41, 5.74) is 1.10. The lowest BCUT2D eigenvalue weighted by Crippen LogP contribution is -2.31. The van der Waals surface area contributed by atoms with Crippen LogP contribution in [0.2, 0.25) is 0 Å². The fourth-order valence-electron chi connectivity index (χ4n) is 4.00. The second kappa shape index (κ2) is 9.32. The third-order valence-corrected chi connectivity index (χ3v) is 5.53. The van der Waals surface area contributed by atoms with Gasteiger partial charge in [0.2, 0.25) is 0 Å². The maximum atomic E-state index is 13.1. The van der Waals surface area contributed by atoms with Crippen molar-refractivity contribution in [1.29, 1.82) is 0 Å². The van der Waals surface area contributed by atoms with Crippen molar-refractivity contribution in [3.05, 3.63) is 83.7 Å². The quantitative estimate of drug-likeness (QED) is 0.259. The van der Waals surface area contributed by atoms with Gasteiger partial charge in [-0.15, -0.1) is 0 Å². The largest absolute Gasteiger partial charge is 0.507 e. The number of aromatic nitrogens is 1. The Morgan fingerprint density at radius 1 is 1.06 bits per heavy atom. The number of benzene rings is 2. The highest BCUT2D eigenvalue weighted by Gasteiger charge is 2.46. The van der Waals surface area contributed by atoms with Crippen LogP contribution in [-0.2, 0) is 14.3 Å². The van der Waals surface area contributed by atoms with Gasteiger partial charge < -0.3 is 14.7 Å². The molecule has 1 aromatic heterocycles. The molecule has 1 aliphatic heterocycles. The van der Waals surface area contributed by atoms with E-state index in [1.54, 1.807) is 30.5 Å². The van der Waals surface area contributed by atoms with Crippen LogP contribution in [-0.4, -0.2) is 45.9 Å². The van der Waals surface area contributed by atoms with Gasteiger partial charge in [0.25, 0.3) is 11.7 Å². The first-order valence-corrected chi connectivity index (χ1v) is 10.8. The van der Waals surface area contributed by atoms with E-state index < -0.39 is 17.7 Å². The lowest BCUT2D eigenvalue weighted by Gasteiger charge is -2.24. The zero-order valence-corrected chi connectivity index (χ0v) is 18.2. The lowest BCUT2D eigenvalue weighted by molar-refractivity contribution is -0.140. The number of aliphatic hydroxyl groups excluding tert-OH is 1. The highest BCUT2D eigenvalue weighted by atomic mass is 16.5. The van der Waals surface area contributed by atoms with Crippen molar-refractivity contribution < 1.29 is 19.4 Å². The van der Waals surface area contributed by atoms with Crippen LogP contribution < -0.4 is 0 Å². The summed E-state index contributed by atoms with van der Waals surface area (Å²) in [7, 11) is 0. The van der Waals surface area contributed by atoms with Gasteiger partial charge in [-0.1, -0.05) is 42.5 Å². The van der Waals surface area contributed by atoms with Crippen molar-refractivity contribution in [3.8, 4) is 0 Å². The molecule has 4 rings (SSSR count). The third-order valence-electron chi connectivity index (χ3n) is 5.53. The molecule has 164 valence electrons. The number of rotatable bonds is 7. The summed E-state index contributed by atoms with van der Waals surface area (Å²) in [6.07, 6.45) is 2.28. The zero-order valence-electron chi connectivity index (χ0n) is 18.2. The summed E-state index contributed by atoms with van der Waals surface area (Å²) >= 11 is 0. The molecular weight excluding hydrogens is 404 g/mol. The van der Waals surface area contributed by atoms with E-state index in [0.717, 1.165) is 10.8 Å². The standard InChI is InChI=1S/C26H26N2O4/c1-17(2)32-15-7-14-28-23(21-10-5-6-13-27-21)22(25(30)26(28)31)24(29)20-12-11-18-8-3-4-9-19(18)16-20/h3-6,8-13,16-17,23,29H,7,14-15H2,1-2H3/b24-22-. The summed E-state index contributed by atoms with van der Waals surface area (Å²) < 4.78 is 5.59. The van der Waals surface area contributed by atoms with Gasteiger partial charge in [0.15, 0.2) is 0 Å². The van der Waals surface area contributed by atoms with E-state index in [1.807, 2.05) is 50.2 Å². The number of nitrogens with zero attached hydrogens (tertiary/aromatic N) is 2. The fraction of sp³-hybridized carbons (Fsp3) is 0.269. The summed E-state index contributed by atoms with van der Waals surface area (Å²) in [4.78, 5) is 31.9. The van der Waals surface area contributed by atoms with Crippen molar-refractivity contribution in [2.24, 2.45) is 0 Å². The van der Waals surface area contributed by atoms with Crippen LogP contribution in [0.3, 0.4) is 0 Å². The molecule has 32 heavy (non-hydrogen) atoms. The van der Waals surface area contributed by atoms with Crippen LogP contribution in [0.5, 0.6) is 0 Å². The monoisotopic (exact) mass is 430 g/mol. The second-order valence-electron chi connectivity index (χ2n) is 8.08. The first kappa shape index (κ1) is 21.7. The smallest absolute Gasteiger partial charge is 0.295 e. The van der Waals surface area contributed by atoms with Gasteiger partial charge in [-0.25, -0.2) is 0 Å². The number of pyridine rings is 1. The number of ether oxygens (including phenoxy) is 1. The Kier molecular flexibility index (Phi) is 6.32. The maximum absolute atomic E-state index is 13.1. The van der Waals surface area contributed by atoms with E-state index >= 15 is 0 Å². The zero-order chi connectivity index (χ0) is 22.7. The minimum Gasteiger partial charge on any atom is -0.507 e. The second-order valence-corrected chi connectivity index (χ2v) is 8.08. The molecule has 6 heteroatoms. The Bertz CT molecular complexity index is 1170. The van der Waals surface area contributed by atoms with Crippen LogP contribution in [0.25, 0.3) is 16.5 Å².